The molecule has 0 saturated heterocycles. The number of hydrogen-bond acceptors (Lipinski definition) is 4. The van der Waals surface area contributed by atoms with E-state index in [4.69, 9.17) is 21.3 Å². The molecule has 3 aromatic rings. The first kappa shape index (κ1) is 15.0. The van der Waals surface area contributed by atoms with Crippen LogP contribution in [0.25, 0.3) is 11.0 Å². The molecule has 0 radical (unpaired) electrons. The van der Waals surface area contributed by atoms with E-state index in [2.05, 4.69) is 0 Å². The Bertz CT molecular complexity index is 997. The van der Waals surface area contributed by atoms with Crippen molar-refractivity contribution in [1.29, 1.82) is 5.26 Å². The van der Waals surface area contributed by atoms with Crippen LogP contribution in [0.2, 0.25) is 5.02 Å². The number of halogens is 1. The molecule has 1 aromatic heterocycles. The lowest BCUT2D eigenvalue weighted by molar-refractivity contribution is 0.0993. The third kappa shape index (κ3) is 3.15. The number of nitriles is 1. The number of benzene rings is 2. The van der Waals surface area contributed by atoms with Gasteiger partial charge in [0.1, 0.15) is 5.58 Å². The van der Waals surface area contributed by atoms with E-state index in [1.807, 2.05) is 6.07 Å². The summed E-state index contributed by atoms with van der Waals surface area (Å²) in [5.74, 6) is -0.127. The Morgan fingerprint density at radius 2 is 1.87 bits per heavy atom. The maximum atomic E-state index is 12.4. The minimum Gasteiger partial charge on any atom is -0.423 e. The molecule has 23 heavy (non-hydrogen) atoms. The molecule has 0 unspecified atom stereocenters. The Morgan fingerprint density at radius 1 is 1.13 bits per heavy atom. The van der Waals surface area contributed by atoms with E-state index < -0.39 is 5.63 Å². The van der Waals surface area contributed by atoms with Crippen molar-refractivity contribution in [2.75, 3.05) is 0 Å². The molecule has 0 atom stereocenters. The molecule has 0 aliphatic rings. The zero-order chi connectivity index (χ0) is 16.4. The minimum absolute atomic E-state index is 0.0651. The van der Waals surface area contributed by atoms with Crippen molar-refractivity contribution in [3.8, 4) is 6.07 Å². The molecule has 0 amide bonds. The molecular weight excluding hydrogens is 314 g/mol. The lowest BCUT2D eigenvalue weighted by atomic mass is 10.00. The molecule has 2 aromatic carbocycles. The summed E-state index contributed by atoms with van der Waals surface area (Å²) in [7, 11) is 0. The van der Waals surface area contributed by atoms with Crippen LogP contribution in [0.5, 0.6) is 0 Å². The molecule has 0 N–H and O–H groups in total. The van der Waals surface area contributed by atoms with E-state index in [0.717, 1.165) is 0 Å². The second-order valence-electron chi connectivity index (χ2n) is 5.02. The van der Waals surface area contributed by atoms with Crippen LogP contribution < -0.4 is 5.63 Å². The number of fused-ring (bicyclic) bond motifs is 1. The third-order valence-electron chi connectivity index (χ3n) is 3.48. The van der Waals surface area contributed by atoms with Crippen LogP contribution in [-0.2, 0) is 6.42 Å². The highest BCUT2D eigenvalue weighted by atomic mass is 35.5. The van der Waals surface area contributed by atoms with Crippen LogP contribution in [0, 0.1) is 11.3 Å². The van der Waals surface area contributed by atoms with Crippen LogP contribution >= 0.6 is 11.6 Å². The van der Waals surface area contributed by atoms with Crippen molar-refractivity contribution >= 4 is 28.4 Å². The fourth-order valence-corrected chi connectivity index (χ4v) is 2.48. The molecule has 112 valence electrons. The standard InChI is InChI=1S/C18H10ClNO3/c19-14-4-2-12(3-5-14)16(21)8-13-9-18(22)23-17-7-11(10-20)1-6-15(13)17/h1-7,9H,8H2. The van der Waals surface area contributed by atoms with Crippen molar-refractivity contribution < 1.29 is 9.21 Å². The van der Waals surface area contributed by atoms with Gasteiger partial charge in [0.05, 0.1) is 11.6 Å². The van der Waals surface area contributed by atoms with Crippen LogP contribution in [-0.4, -0.2) is 5.78 Å². The molecule has 1 heterocycles. The van der Waals surface area contributed by atoms with Gasteiger partial charge in [-0.3, -0.25) is 4.79 Å². The predicted molar refractivity (Wildman–Crippen MR) is 86.7 cm³/mol. The van der Waals surface area contributed by atoms with E-state index >= 15 is 0 Å². The van der Waals surface area contributed by atoms with Gasteiger partial charge in [-0.05, 0) is 48.0 Å². The van der Waals surface area contributed by atoms with Gasteiger partial charge in [-0.15, -0.1) is 0 Å². The van der Waals surface area contributed by atoms with Crippen LogP contribution in [0.1, 0.15) is 21.5 Å². The van der Waals surface area contributed by atoms with Crippen molar-refractivity contribution in [2.45, 2.75) is 6.42 Å². The van der Waals surface area contributed by atoms with Crippen molar-refractivity contribution in [1.82, 2.24) is 0 Å². The van der Waals surface area contributed by atoms with E-state index in [0.29, 0.717) is 32.7 Å². The summed E-state index contributed by atoms with van der Waals surface area (Å²) in [6, 6.07) is 14.7. The molecule has 5 heteroatoms. The summed E-state index contributed by atoms with van der Waals surface area (Å²) < 4.78 is 5.11. The average Bonchev–Trinajstić information content (AvgIpc) is 2.54. The highest BCUT2D eigenvalue weighted by Gasteiger charge is 2.12. The number of hydrogen-bond donors (Lipinski definition) is 0. The Morgan fingerprint density at radius 3 is 2.57 bits per heavy atom. The number of carbonyl (C=O) groups excluding carboxylic acids is 1. The smallest absolute Gasteiger partial charge is 0.336 e. The van der Waals surface area contributed by atoms with Crippen LogP contribution in [0.15, 0.2) is 57.7 Å². The van der Waals surface area contributed by atoms with E-state index in [-0.39, 0.29) is 12.2 Å². The number of rotatable bonds is 3. The van der Waals surface area contributed by atoms with Gasteiger partial charge in [0.2, 0.25) is 0 Å². The number of nitrogens with zero attached hydrogens (tertiary/aromatic N) is 1. The van der Waals surface area contributed by atoms with Crippen molar-refractivity contribution in [3.05, 3.63) is 80.7 Å². The highest BCUT2D eigenvalue weighted by Crippen LogP contribution is 2.20. The maximum Gasteiger partial charge on any atom is 0.336 e. The second kappa shape index (κ2) is 6.07. The average molecular weight is 324 g/mol. The van der Waals surface area contributed by atoms with Crippen LogP contribution in [0.4, 0.5) is 0 Å². The molecule has 0 bridgehead atoms. The van der Waals surface area contributed by atoms with E-state index in [1.165, 1.54) is 12.1 Å². The minimum atomic E-state index is -0.550. The Hall–Kier alpha value is -2.90. The summed E-state index contributed by atoms with van der Waals surface area (Å²) in [6.07, 6.45) is 0.0651. The monoisotopic (exact) mass is 323 g/mol. The number of ketones is 1. The first-order valence-corrected chi connectivity index (χ1v) is 7.20. The summed E-state index contributed by atoms with van der Waals surface area (Å²) in [5.41, 5.74) is 1.23. The van der Waals surface area contributed by atoms with E-state index in [9.17, 15) is 9.59 Å². The molecule has 0 aliphatic carbocycles. The Balaban J connectivity index is 2.02. The molecule has 3 rings (SSSR count). The fourth-order valence-electron chi connectivity index (χ4n) is 2.36. The van der Waals surface area contributed by atoms with Crippen LogP contribution in [0.3, 0.4) is 0 Å². The first-order valence-electron chi connectivity index (χ1n) is 6.82. The zero-order valence-electron chi connectivity index (χ0n) is 11.9. The van der Waals surface area contributed by atoms with Gasteiger partial charge in [-0.1, -0.05) is 11.6 Å². The second-order valence-corrected chi connectivity index (χ2v) is 5.46. The van der Waals surface area contributed by atoms with Gasteiger partial charge in [-0.25, -0.2) is 4.79 Å². The SMILES string of the molecule is N#Cc1ccc2c(CC(=O)c3ccc(Cl)cc3)cc(=O)oc2c1. The lowest BCUT2D eigenvalue weighted by Gasteiger charge is -2.05. The summed E-state index contributed by atoms with van der Waals surface area (Å²) in [6.45, 7) is 0. The number of carbonyl (C=O) groups is 1. The summed E-state index contributed by atoms with van der Waals surface area (Å²) >= 11 is 5.81. The van der Waals surface area contributed by atoms with Gasteiger partial charge >= 0.3 is 5.63 Å². The highest BCUT2D eigenvalue weighted by molar-refractivity contribution is 6.30. The van der Waals surface area contributed by atoms with Crippen molar-refractivity contribution in [2.24, 2.45) is 0 Å². The summed E-state index contributed by atoms with van der Waals surface area (Å²) in [4.78, 5) is 24.1. The third-order valence-corrected chi connectivity index (χ3v) is 3.73. The zero-order valence-corrected chi connectivity index (χ0v) is 12.6. The number of Topliss-reactive ketones (excluding diaryl/α,β-unsaturated/α-hetero) is 1. The molecule has 0 spiro atoms. The first-order chi connectivity index (χ1) is 11.1. The Labute approximate surface area is 136 Å². The van der Waals surface area contributed by atoms with E-state index in [1.54, 1.807) is 36.4 Å². The molecule has 0 saturated carbocycles. The topological polar surface area (TPSA) is 71.1 Å². The van der Waals surface area contributed by atoms with Crippen molar-refractivity contribution in [3.63, 3.8) is 0 Å². The van der Waals surface area contributed by atoms with Gasteiger partial charge < -0.3 is 4.42 Å². The molecular formula is C18H10ClNO3. The lowest BCUT2D eigenvalue weighted by Crippen LogP contribution is -2.07. The molecule has 4 nitrogen and oxygen atoms in total. The van der Waals surface area contributed by atoms with Gasteiger partial charge in [-0.2, -0.15) is 5.26 Å². The van der Waals surface area contributed by atoms with Gasteiger partial charge in [0.25, 0.3) is 0 Å². The fraction of sp³-hybridized carbons (Fsp3) is 0.0556. The summed E-state index contributed by atoms with van der Waals surface area (Å²) in [5, 5.41) is 10.1. The quantitative estimate of drug-likeness (QED) is 0.543. The molecule has 0 aliphatic heterocycles. The molecule has 0 fully saturated rings. The van der Waals surface area contributed by atoms with Gasteiger partial charge in [0.15, 0.2) is 5.78 Å². The Kier molecular flexibility index (Phi) is 3.96. The predicted octanol–water partition coefficient (Wildman–Crippen LogP) is 3.74. The maximum absolute atomic E-state index is 12.4. The largest absolute Gasteiger partial charge is 0.423 e. The normalized spacial score (nSPS) is 10.4. The van der Waals surface area contributed by atoms with Gasteiger partial charge in [0, 0.05) is 28.5 Å².